The van der Waals surface area contributed by atoms with Gasteiger partial charge in [-0.15, -0.1) is 0 Å². The van der Waals surface area contributed by atoms with E-state index in [-0.39, 0.29) is 18.5 Å². The predicted octanol–water partition coefficient (Wildman–Crippen LogP) is 2.72. The fraction of sp³-hybridized carbons (Fsp3) is 0.318. The molecule has 150 valence electrons. The summed E-state index contributed by atoms with van der Waals surface area (Å²) >= 11 is 0. The van der Waals surface area contributed by atoms with E-state index in [0.29, 0.717) is 11.1 Å². The molecule has 1 aliphatic rings. The SMILES string of the molecule is C[C@H](OC(=O)Cn1c(=O)oc2ccccc21)C(=O)N[C@@H]1CCCc2ccccc21. The molecule has 7 heteroatoms. The Bertz CT molecular complexity index is 1110. The van der Waals surface area contributed by atoms with Gasteiger partial charge in [0.1, 0.15) is 6.54 Å². The highest BCUT2D eigenvalue weighted by atomic mass is 16.5. The number of aryl methyl sites for hydroxylation is 1. The Balaban J connectivity index is 1.39. The van der Waals surface area contributed by atoms with Gasteiger partial charge in [-0.05, 0) is 49.4 Å². The van der Waals surface area contributed by atoms with E-state index in [9.17, 15) is 14.4 Å². The quantitative estimate of drug-likeness (QED) is 0.672. The second-order valence-corrected chi connectivity index (χ2v) is 7.21. The number of aromatic nitrogens is 1. The van der Waals surface area contributed by atoms with Gasteiger partial charge in [0.25, 0.3) is 5.91 Å². The van der Waals surface area contributed by atoms with Gasteiger partial charge in [0.05, 0.1) is 11.6 Å². The Hall–Kier alpha value is -3.35. The summed E-state index contributed by atoms with van der Waals surface area (Å²) < 4.78 is 11.6. The van der Waals surface area contributed by atoms with E-state index in [0.717, 1.165) is 24.8 Å². The molecule has 1 heterocycles. The number of rotatable bonds is 5. The second kappa shape index (κ2) is 7.95. The molecule has 1 aromatic heterocycles. The fourth-order valence-corrected chi connectivity index (χ4v) is 3.77. The zero-order valence-corrected chi connectivity index (χ0v) is 16.1. The lowest BCUT2D eigenvalue weighted by Gasteiger charge is -2.27. The molecule has 0 saturated heterocycles. The van der Waals surface area contributed by atoms with Crippen LogP contribution in [0.4, 0.5) is 0 Å². The van der Waals surface area contributed by atoms with Crippen LogP contribution in [0.2, 0.25) is 0 Å². The van der Waals surface area contributed by atoms with Gasteiger partial charge in [0.2, 0.25) is 0 Å². The number of hydrogen-bond acceptors (Lipinski definition) is 5. The van der Waals surface area contributed by atoms with Gasteiger partial charge in [-0.25, -0.2) is 4.79 Å². The molecule has 0 saturated carbocycles. The Kier molecular flexibility index (Phi) is 5.20. The average Bonchev–Trinajstić information content (AvgIpc) is 3.03. The van der Waals surface area contributed by atoms with Gasteiger partial charge in [-0.2, -0.15) is 0 Å². The molecule has 2 atom stereocenters. The number of para-hydroxylation sites is 2. The van der Waals surface area contributed by atoms with E-state index in [1.54, 1.807) is 24.3 Å². The molecular weight excluding hydrogens is 372 g/mol. The summed E-state index contributed by atoms with van der Waals surface area (Å²) in [4.78, 5) is 36.9. The monoisotopic (exact) mass is 394 g/mol. The molecule has 0 unspecified atom stereocenters. The van der Waals surface area contributed by atoms with Gasteiger partial charge >= 0.3 is 11.7 Å². The molecule has 1 amide bonds. The van der Waals surface area contributed by atoms with Crippen LogP contribution in [0.25, 0.3) is 11.1 Å². The third kappa shape index (κ3) is 3.94. The van der Waals surface area contributed by atoms with Crippen molar-refractivity contribution in [3.8, 4) is 0 Å². The first-order chi connectivity index (χ1) is 14.0. The summed E-state index contributed by atoms with van der Waals surface area (Å²) in [6.45, 7) is 1.21. The molecular formula is C22H22N2O5. The molecule has 0 fully saturated rings. The van der Waals surface area contributed by atoms with Crippen LogP contribution in [0.5, 0.6) is 0 Å². The van der Waals surface area contributed by atoms with Gasteiger partial charge in [-0.3, -0.25) is 14.2 Å². The van der Waals surface area contributed by atoms with Crippen LogP contribution in [-0.4, -0.2) is 22.5 Å². The number of carbonyl (C=O) groups excluding carboxylic acids is 2. The molecule has 0 radical (unpaired) electrons. The van der Waals surface area contributed by atoms with Crippen molar-refractivity contribution in [2.75, 3.05) is 0 Å². The Morgan fingerprint density at radius 1 is 1.21 bits per heavy atom. The maximum absolute atomic E-state index is 12.6. The molecule has 3 aromatic rings. The fourth-order valence-electron chi connectivity index (χ4n) is 3.77. The van der Waals surface area contributed by atoms with Gasteiger partial charge in [0.15, 0.2) is 11.7 Å². The lowest BCUT2D eigenvalue weighted by molar-refractivity contribution is -0.155. The van der Waals surface area contributed by atoms with E-state index in [4.69, 9.17) is 9.15 Å². The van der Waals surface area contributed by atoms with Crippen LogP contribution in [0, 0.1) is 0 Å². The summed E-state index contributed by atoms with van der Waals surface area (Å²) in [7, 11) is 0. The highest BCUT2D eigenvalue weighted by Crippen LogP contribution is 2.29. The van der Waals surface area contributed by atoms with E-state index in [2.05, 4.69) is 11.4 Å². The summed E-state index contributed by atoms with van der Waals surface area (Å²) in [5.41, 5.74) is 3.25. The average molecular weight is 394 g/mol. The topological polar surface area (TPSA) is 90.5 Å². The number of ether oxygens (including phenoxy) is 1. The van der Waals surface area contributed by atoms with E-state index in [1.165, 1.54) is 17.1 Å². The molecule has 0 bridgehead atoms. The normalized spacial score (nSPS) is 16.8. The number of nitrogens with one attached hydrogen (secondary N) is 1. The van der Waals surface area contributed by atoms with Crippen molar-refractivity contribution in [3.63, 3.8) is 0 Å². The Labute approximate surface area is 167 Å². The first kappa shape index (κ1) is 19.0. The largest absolute Gasteiger partial charge is 0.451 e. The van der Waals surface area contributed by atoms with Gasteiger partial charge in [-0.1, -0.05) is 36.4 Å². The summed E-state index contributed by atoms with van der Waals surface area (Å²) in [5.74, 6) is -1.67. The van der Waals surface area contributed by atoms with Crippen LogP contribution in [0.15, 0.2) is 57.7 Å². The summed E-state index contributed by atoms with van der Waals surface area (Å²) in [6.07, 6.45) is 1.87. The van der Waals surface area contributed by atoms with Gasteiger partial charge < -0.3 is 14.5 Å². The number of hydrogen-bond donors (Lipinski definition) is 1. The highest BCUT2D eigenvalue weighted by Gasteiger charge is 2.25. The van der Waals surface area contributed by atoms with Crippen LogP contribution in [0.3, 0.4) is 0 Å². The van der Waals surface area contributed by atoms with Crippen LogP contribution in [0.1, 0.15) is 36.9 Å². The first-order valence-corrected chi connectivity index (χ1v) is 9.69. The standard InChI is InChI=1S/C22H22N2O5/c1-14(21(26)23-17-10-6-8-15-7-2-3-9-16(15)17)28-20(25)13-24-18-11-4-5-12-19(18)29-22(24)27/h2-5,7,9,11-12,14,17H,6,8,10,13H2,1H3,(H,23,26)/t14-,17+/m0/s1. The first-order valence-electron chi connectivity index (χ1n) is 9.69. The van der Waals surface area contributed by atoms with Crippen molar-refractivity contribution in [1.29, 1.82) is 0 Å². The number of benzene rings is 2. The molecule has 29 heavy (non-hydrogen) atoms. The second-order valence-electron chi connectivity index (χ2n) is 7.21. The molecule has 7 nitrogen and oxygen atoms in total. The lowest BCUT2D eigenvalue weighted by Crippen LogP contribution is -2.39. The zero-order chi connectivity index (χ0) is 20.4. The minimum Gasteiger partial charge on any atom is -0.451 e. The Morgan fingerprint density at radius 2 is 1.97 bits per heavy atom. The summed E-state index contributed by atoms with van der Waals surface area (Å²) in [5, 5.41) is 2.98. The van der Waals surface area contributed by atoms with E-state index in [1.807, 2.05) is 18.2 Å². The number of oxazole rings is 1. The lowest BCUT2D eigenvalue weighted by atomic mass is 9.87. The molecule has 1 aliphatic carbocycles. The number of carbonyl (C=O) groups is 2. The molecule has 2 aromatic carbocycles. The molecule has 0 aliphatic heterocycles. The van der Waals surface area contributed by atoms with Crippen molar-refractivity contribution in [3.05, 3.63) is 70.2 Å². The molecule has 4 rings (SSSR count). The minimum atomic E-state index is -0.967. The van der Waals surface area contributed by atoms with Crippen molar-refractivity contribution >= 4 is 23.0 Å². The molecule has 0 spiro atoms. The number of nitrogens with zero attached hydrogens (tertiary/aromatic N) is 1. The van der Waals surface area contributed by atoms with Crippen molar-refractivity contribution in [2.45, 2.75) is 44.9 Å². The predicted molar refractivity (Wildman–Crippen MR) is 106 cm³/mol. The minimum absolute atomic E-state index is 0.0889. The van der Waals surface area contributed by atoms with Crippen LogP contribution < -0.4 is 11.1 Å². The van der Waals surface area contributed by atoms with Crippen LogP contribution >= 0.6 is 0 Å². The maximum atomic E-state index is 12.6. The zero-order valence-electron chi connectivity index (χ0n) is 16.1. The van der Waals surface area contributed by atoms with E-state index >= 15 is 0 Å². The maximum Gasteiger partial charge on any atom is 0.420 e. The third-order valence-corrected chi connectivity index (χ3v) is 5.22. The van der Waals surface area contributed by atoms with Gasteiger partial charge in [0, 0.05) is 0 Å². The van der Waals surface area contributed by atoms with E-state index < -0.39 is 17.8 Å². The third-order valence-electron chi connectivity index (χ3n) is 5.22. The smallest absolute Gasteiger partial charge is 0.420 e. The highest BCUT2D eigenvalue weighted by molar-refractivity contribution is 5.84. The number of esters is 1. The van der Waals surface area contributed by atoms with Crippen LogP contribution in [-0.2, 0) is 27.3 Å². The summed E-state index contributed by atoms with van der Waals surface area (Å²) in [6, 6.07) is 14.8. The number of amides is 1. The Morgan fingerprint density at radius 3 is 2.83 bits per heavy atom. The van der Waals surface area contributed by atoms with Crippen molar-refractivity contribution in [1.82, 2.24) is 9.88 Å². The van der Waals surface area contributed by atoms with Crippen molar-refractivity contribution < 1.29 is 18.7 Å². The molecule has 1 N–H and O–H groups in total. The number of fused-ring (bicyclic) bond motifs is 2. The van der Waals surface area contributed by atoms with Crippen molar-refractivity contribution in [2.24, 2.45) is 0 Å².